The van der Waals surface area contributed by atoms with E-state index in [9.17, 15) is 4.79 Å². The van der Waals surface area contributed by atoms with Crippen molar-refractivity contribution in [3.63, 3.8) is 0 Å². The third-order valence-corrected chi connectivity index (χ3v) is 14.8. The van der Waals surface area contributed by atoms with E-state index in [0.29, 0.717) is 25.2 Å². The van der Waals surface area contributed by atoms with E-state index in [2.05, 4.69) is 76.8 Å². The van der Waals surface area contributed by atoms with Gasteiger partial charge in [-0.2, -0.15) is 0 Å². The number of anilines is 3. The predicted molar refractivity (Wildman–Crippen MR) is 208 cm³/mol. The van der Waals surface area contributed by atoms with Gasteiger partial charge >= 0.3 is 0 Å². The number of aromatic nitrogens is 2. The average Bonchev–Trinajstić information content (AvgIpc) is 3.92. The molecular weight excluding hydrogens is 675 g/mol. The number of hydrogen-bond donors (Lipinski definition) is 2. The van der Waals surface area contributed by atoms with Crippen molar-refractivity contribution in [2.45, 2.75) is 88.4 Å². The lowest BCUT2D eigenvalue weighted by atomic mass is 10.0. The molecule has 2 N–H and O–H groups in total. The molecule has 0 saturated carbocycles. The molecule has 3 aromatic carbocycles. The first kappa shape index (κ1) is 36.1. The second kappa shape index (κ2) is 15.0. The van der Waals surface area contributed by atoms with Crippen molar-refractivity contribution in [3.8, 4) is 11.3 Å². The Morgan fingerprint density at radius 3 is 2.15 bits per heavy atom. The summed E-state index contributed by atoms with van der Waals surface area (Å²) >= 11 is 0. The van der Waals surface area contributed by atoms with Crippen molar-refractivity contribution in [3.05, 3.63) is 95.4 Å². The quantitative estimate of drug-likeness (QED) is 0.159. The third-order valence-electron chi connectivity index (χ3n) is 11.7. The van der Waals surface area contributed by atoms with E-state index in [-0.39, 0.29) is 35.8 Å². The minimum atomic E-state index is -1.30. The number of carbonyl (C=O) groups is 1. The number of ether oxygens (including phenoxy) is 1. The van der Waals surface area contributed by atoms with Crippen molar-refractivity contribution < 1.29 is 18.3 Å². The van der Waals surface area contributed by atoms with Gasteiger partial charge < -0.3 is 29.7 Å². The molecule has 8 nitrogen and oxygen atoms in total. The molecule has 0 aliphatic carbocycles. The van der Waals surface area contributed by atoms with Crippen LogP contribution in [0.25, 0.3) is 11.3 Å². The number of benzene rings is 3. The summed E-state index contributed by atoms with van der Waals surface area (Å²) < 4.78 is 37.4. The van der Waals surface area contributed by atoms with Crippen LogP contribution in [0.2, 0.25) is 25.2 Å². The molecule has 11 heteroatoms. The van der Waals surface area contributed by atoms with Gasteiger partial charge in [0.25, 0.3) is 0 Å². The van der Waals surface area contributed by atoms with Gasteiger partial charge in [0.2, 0.25) is 5.91 Å². The first-order valence-electron chi connectivity index (χ1n) is 18.8. The zero-order chi connectivity index (χ0) is 36.6. The smallest absolute Gasteiger partial charge is 0.225 e. The fraction of sp³-hybridized carbons (Fsp3) is 0.463. The van der Waals surface area contributed by atoms with Crippen LogP contribution in [0.4, 0.5) is 25.8 Å². The third kappa shape index (κ3) is 7.35. The van der Waals surface area contributed by atoms with Gasteiger partial charge in [-0.05, 0) is 85.7 Å². The normalized spacial score (nSPS) is 22.2. The molecule has 3 saturated heterocycles. The van der Waals surface area contributed by atoms with Gasteiger partial charge in [0, 0.05) is 45.2 Å². The van der Waals surface area contributed by atoms with Crippen molar-refractivity contribution in [2.75, 3.05) is 48.9 Å². The molecule has 4 atom stereocenters. The summed E-state index contributed by atoms with van der Waals surface area (Å²) in [5.74, 6) is -0.102. The lowest BCUT2D eigenvalue weighted by Gasteiger charge is -2.38. The van der Waals surface area contributed by atoms with Gasteiger partial charge in [-0.3, -0.25) is 4.79 Å². The van der Waals surface area contributed by atoms with Crippen LogP contribution in [0, 0.1) is 11.6 Å². The summed E-state index contributed by atoms with van der Waals surface area (Å²) in [5.41, 5.74) is 5.78. The van der Waals surface area contributed by atoms with Crippen molar-refractivity contribution in [2.24, 2.45) is 0 Å². The molecule has 1 aromatic heterocycles. The Bertz CT molecular complexity index is 1830. The highest BCUT2D eigenvalue weighted by molar-refractivity contribution is 6.77. The molecule has 0 unspecified atom stereocenters. The van der Waals surface area contributed by atoms with Gasteiger partial charge in [-0.25, -0.2) is 13.8 Å². The summed E-state index contributed by atoms with van der Waals surface area (Å²) in [6, 6.07) is 21.7. The summed E-state index contributed by atoms with van der Waals surface area (Å²) in [7, 11) is 2.23. The number of aromatic amines is 1. The van der Waals surface area contributed by atoms with E-state index in [4.69, 9.17) is 9.72 Å². The molecule has 1 amide bonds. The lowest BCUT2D eigenvalue weighted by Crippen LogP contribution is -2.43. The maximum Gasteiger partial charge on any atom is 0.225 e. The number of likely N-dealkylation sites (tertiary alicyclic amines) is 1. The van der Waals surface area contributed by atoms with Gasteiger partial charge in [0.1, 0.15) is 11.5 Å². The van der Waals surface area contributed by atoms with E-state index in [1.165, 1.54) is 0 Å². The van der Waals surface area contributed by atoms with Crippen LogP contribution in [-0.4, -0.2) is 68.7 Å². The summed E-state index contributed by atoms with van der Waals surface area (Å²) in [6.45, 7) is 8.75. The Hall–Kier alpha value is -4.22. The van der Waals surface area contributed by atoms with E-state index < -0.39 is 19.7 Å². The predicted octanol–water partition coefficient (Wildman–Crippen LogP) is 9.10. The van der Waals surface area contributed by atoms with Crippen molar-refractivity contribution in [1.29, 1.82) is 0 Å². The number of methoxy groups -OCH3 is 1. The van der Waals surface area contributed by atoms with Crippen LogP contribution in [-0.2, 0) is 9.53 Å². The Labute approximate surface area is 307 Å². The van der Waals surface area contributed by atoms with Crippen LogP contribution < -0.4 is 15.1 Å². The first-order chi connectivity index (χ1) is 25.0. The highest BCUT2D eigenvalue weighted by atomic mass is 28.3. The van der Waals surface area contributed by atoms with E-state index in [0.717, 1.165) is 78.2 Å². The van der Waals surface area contributed by atoms with Crippen LogP contribution in [0.15, 0.2) is 66.9 Å². The number of nitrogens with one attached hydrogen (secondary N) is 2. The molecule has 4 aromatic rings. The number of imidazole rings is 1. The van der Waals surface area contributed by atoms with Crippen LogP contribution in [0.3, 0.4) is 0 Å². The second-order valence-corrected chi connectivity index (χ2v) is 20.9. The number of rotatable bonds is 10. The van der Waals surface area contributed by atoms with Crippen LogP contribution in [0.1, 0.15) is 74.1 Å². The molecule has 0 spiro atoms. The minimum absolute atomic E-state index is 0.0406. The summed E-state index contributed by atoms with van der Waals surface area (Å²) in [4.78, 5) is 27.3. The van der Waals surface area contributed by atoms with Crippen LogP contribution in [0.5, 0.6) is 0 Å². The minimum Gasteiger partial charge on any atom is -0.388 e. The Balaban J connectivity index is 1.15. The molecule has 276 valence electrons. The maximum atomic E-state index is 16.1. The largest absolute Gasteiger partial charge is 0.388 e. The Morgan fingerprint density at radius 1 is 0.942 bits per heavy atom. The summed E-state index contributed by atoms with van der Waals surface area (Å²) in [6.07, 6.45) is 5.57. The molecule has 3 fully saturated rings. The van der Waals surface area contributed by atoms with Gasteiger partial charge in [-0.1, -0.05) is 49.5 Å². The number of nitrogens with zero attached hydrogens (tertiary/aromatic N) is 4. The second-order valence-electron chi connectivity index (χ2n) is 15.6. The highest BCUT2D eigenvalue weighted by Gasteiger charge is 2.38. The number of H-pyrrole nitrogens is 1. The van der Waals surface area contributed by atoms with E-state index >= 15 is 8.78 Å². The average molecular weight is 727 g/mol. The Kier molecular flexibility index (Phi) is 10.4. The monoisotopic (exact) mass is 726 g/mol. The zero-order valence-electron chi connectivity index (χ0n) is 31.1. The number of halogens is 2. The zero-order valence-corrected chi connectivity index (χ0v) is 32.1. The van der Waals surface area contributed by atoms with E-state index in [1.54, 1.807) is 19.2 Å². The molecule has 3 aliphatic heterocycles. The van der Waals surface area contributed by atoms with Gasteiger partial charge in [-0.15, -0.1) is 0 Å². The molecule has 3 aliphatic rings. The number of carbonyl (C=O) groups excluding carboxylic acids is 1. The fourth-order valence-corrected chi connectivity index (χ4v) is 10.4. The molecule has 7 rings (SSSR count). The number of amides is 1. The Morgan fingerprint density at radius 2 is 1.56 bits per heavy atom. The summed E-state index contributed by atoms with van der Waals surface area (Å²) in [5, 5.41) is 3.19. The molecular formula is C41H52F2N6O2Si. The van der Waals surface area contributed by atoms with Crippen LogP contribution >= 0.6 is 0 Å². The lowest BCUT2D eigenvalue weighted by molar-refractivity contribution is -0.134. The van der Waals surface area contributed by atoms with Crippen molar-refractivity contribution >= 4 is 31.0 Å². The highest BCUT2D eigenvalue weighted by Crippen LogP contribution is 2.48. The van der Waals surface area contributed by atoms with E-state index in [1.807, 2.05) is 30.0 Å². The molecule has 0 radical (unpaired) electrons. The maximum absolute atomic E-state index is 16.1. The fourth-order valence-electron chi connectivity index (χ4n) is 8.37. The first-order valence-corrected chi connectivity index (χ1v) is 22.2. The molecule has 52 heavy (non-hydrogen) atoms. The van der Waals surface area contributed by atoms with Gasteiger partial charge in [0.05, 0.1) is 50.6 Å². The molecule has 0 bridgehead atoms. The standard InChI is InChI=1S/C41H52F2N6O2Si/c1-27(51-3)23-39(50)48-18-6-7-38(48)41-45-26-35(46-41)28-8-10-29(11-9-28)36-16-17-37(30-12-14-31(44-2)15-13-30)49(36)32-24-33(42)40(34(43)25-32)47-19-21-52(4,5)22-20-47/h8-15,24-27,36-38,44H,6-7,16-23H2,1-5H3,(H,45,46)/t27-,36-,37-,38+/m1/s1. The van der Waals surface area contributed by atoms with Crippen molar-refractivity contribution in [1.82, 2.24) is 14.9 Å². The number of hydrogen-bond acceptors (Lipinski definition) is 6. The van der Waals surface area contributed by atoms with Gasteiger partial charge in [0.15, 0.2) is 11.6 Å². The SMILES string of the molecule is CNc1ccc([C@H]2CC[C@H](c3ccc(-c4cnc([C@@H]5CCCN5C(=O)C[C@@H](C)OC)[nH]4)cc3)N2c2cc(F)c(N3CC[Si](C)(C)CC3)c(F)c2)cc1. The topological polar surface area (TPSA) is 76.7 Å². The molecule has 4 heterocycles.